The SMILES string of the molecule is CCCCCCc1ccc(C2=CCC(CC)CC2)cc1. The van der Waals surface area contributed by atoms with Gasteiger partial charge in [0.25, 0.3) is 0 Å². The normalized spacial score (nSPS) is 18.9. The maximum absolute atomic E-state index is 2.48. The van der Waals surface area contributed by atoms with Crippen LogP contribution in [0.15, 0.2) is 30.3 Å². The molecule has 0 nitrogen and oxygen atoms in total. The van der Waals surface area contributed by atoms with Crippen molar-refractivity contribution in [1.29, 1.82) is 0 Å². The Kier molecular flexibility index (Phi) is 6.36. The molecule has 0 saturated carbocycles. The maximum Gasteiger partial charge on any atom is -0.0228 e. The fourth-order valence-electron chi connectivity index (χ4n) is 3.16. The molecule has 0 N–H and O–H groups in total. The lowest BCUT2D eigenvalue weighted by molar-refractivity contribution is 0.471. The van der Waals surface area contributed by atoms with Crippen molar-refractivity contribution in [1.82, 2.24) is 0 Å². The van der Waals surface area contributed by atoms with E-state index < -0.39 is 0 Å². The van der Waals surface area contributed by atoms with Crippen LogP contribution in [-0.2, 0) is 6.42 Å². The van der Waals surface area contributed by atoms with Crippen molar-refractivity contribution in [3.63, 3.8) is 0 Å². The number of hydrogen-bond donors (Lipinski definition) is 0. The van der Waals surface area contributed by atoms with Crippen molar-refractivity contribution >= 4 is 5.57 Å². The summed E-state index contributed by atoms with van der Waals surface area (Å²) in [5.41, 5.74) is 4.54. The van der Waals surface area contributed by atoms with Gasteiger partial charge in [-0.05, 0) is 54.7 Å². The van der Waals surface area contributed by atoms with Crippen LogP contribution in [0, 0.1) is 5.92 Å². The van der Waals surface area contributed by atoms with E-state index >= 15 is 0 Å². The molecule has 0 spiro atoms. The van der Waals surface area contributed by atoms with E-state index in [1.165, 1.54) is 68.9 Å². The number of rotatable bonds is 7. The predicted molar refractivity (Wildman–Crippen MR) is 89.9 cm³/mol. The van der Waals surface area contributed by atoms with Crippen LogP contribution in [0.1, 0.15) is 76.3 Å². The lowest BCUT2D eigenvalue weighted by Crippen LogP contribution is -2.03. The Morgan fingerprint density at radius 3 is 2.40 bits per heavy atom. The molecule has 0 aliphatic heterocycles. The highest BCUT2D eigenvalue weighted by Crippen LogP contribution is 2.31. The molecule has 110 valence electrons. The van der Waals surface area contributed by atoms with Gasteiger partial charge in [0.2, 0.25) is 0 Å². The molecule has 1 aliphatic carbocycles. The Hall–Kier alpha value is -1.04. The second-order valence-electron chi connectivity index (χ2n) is 6.29. The van der Waals surface area contributed by atoms with Crippen LogP contribution in [0.3, 0.4) is 0 Å². The molecular formula is C20H30. The first-order valence-electron chi connectivity index (χ1n) is 8.61. The average Bonchev–Trinajstić information content (AvgIpc) is 2.52. The van der Waals surface area contributed by atoms with Crippen LogP contribution in [0.25, 0.3) is 5.57 Å². The Morgan fingerprint density at radius 2 is 1.80 bits per heavy atom. The van der Waals surface area contributed by atoms with Crippen LogP contribution < -0.4 is 0 Å². The topological polar surface area (TPSA) is 0 Å². The van der Waals surface area contributed by atoms with E-state index in [1.54, 1.807) is 5.57 Å². The second kappa shape index (κ2) is 8.29. The molecular weight excluding hydrogens is 240 g/mol. The molecule has 1 aliphatic rings. The molecule has 1 atom stereocenters. The predicted octanol–water partition coefficient (Wildman–Crippen LogP) is 6.40. The Bertz CT molecular complexity index is 410. The summed E-state index contributed by atoms with van der Waals surface area (Å²) in [6, 6.07) is 9.36. The van der Waals surface area contributed by atoms with Gasteiger partial charge in [-0.1, -0.05) is 69.9 Å². The van der Waals surface area contributed by atoms with Gasteiger partial charge in [-0.15, -0.1) is 0 Å². The average molecular weight is 270 g/mol. The first-order valence-corrected chi connectivity index (χ1v) is 8.61. The molecule has 2 rings (SSSR count). The third-order valence-electron chi connectivity index (χ3n) is 4.74. The first-order chi connectivity index (χ1) is 9.83. The van der Waals surface area contributed by atoms with Gasteiger partial charge in [0.15, 0.2) is 0 Å². The molecule has 0 amide bonds. The minimum atomic E-state index is 0.927. The van der Waals surface area contributed by atoms with Crippen LogP contribution in [0.2, 0.25) is 0 Å². The van der Waals surface area contributed by atoms with Gasteiger partial charge in [-0.2, -0.15) is 0 Å². The first kappa shape index (κ1) is 15.4. The molecule has 0 heteroatoms. The lowest BCUT2D eigenvalue weighted by Gasteiger charge is -2.20. The summed E-state index contributed by atoms with van der Waals surface area (Å²) in [4.78, 5) is 0. The third kappa shape index (κ3) is 4.51. The highest BCUT2D eigenvalue weighted by atomic mass is 14.2. The van der Waals surface area contributed by atoms with Crippen LogP contribution in [0.4, 0.5) is 0 Å². The minimum Gasteiger partial charge on any atom is -0.0804 e. The molecule has 0 saturated heterocycles. The number of unbranched alkanes of at least 4 members (excludes halogenated alkanes) is 3. The molecule has 0 radical (unpaired) electrons. The van der Waals surface area contributed by atoms with E-state index in [0.717, 1.165) is 5.92 Å². The van der Waals surface area contributed by atoms with E-state index in [2.05, 4.69) is 44.2 Å². The van der Waals surface area contributed by atoms with Gasteiger partial charge < -0.3 is 0 Å². The molecule has 1 unspecified atom stereocenters. The van der Waals surface area contributed by atoms with Crippen molar-refractivity contribution in [3.8, 4) is 0 Å². The molecule has 20 heavy (non-hydrogen) atoms. The molecule has 0 aromatic heterocycles. The van der Waals surface area contributed by atoms with Crippen molar-refractivity contribution in [2.75, 3.05) is 0 Å². The fraction of sp³-hybridized carbons (Fsp3) is 0.600. The van der Waals surface area contributed by atoms with E-state index in [-0.39, 0.29) is 0 Å². The fourth-order valence-corrected chi connectivity index (χ4v) is 3.16. The standard InChI is InChI=1S/C20H30/c1-3-5-6-7-8-18-11-15-20(16-12-18)19-13-9-17(4-2)10-14-19/h11-13,15-17H,3-10,14H2,1-2H3. The van der Waals surface area contributed by atoms with Gasteiger partial charge in [0, 0.05) is 0 Å². The van der Waals surface area contributed by atoms with Crippen molar-refractivity contribution in [2.45, 2.75) is 71.6 Å². The van der Waals surface area contributed by atoms with Gasteiger partial charge in [0.1, 0.15) is 0 Å². The van der Waals surface area contributed by atoms with E-state index in [0.29, 0.717) is 0 Å². The quantitative estimate of drug-likeness (QED) is 0.503. The molecule has 1 aromatic rings. The maximum atomic E-state index is 2.48. The summed E-state index contributed by atoms with van der Waals surface area (Å²) in [5, 5.41) is 0. The molecule has 0 fully saturated rings. The zero-order valence-corrected chi connectivity index (χ0v) is 13.3. The number of benzene rings is 1. The summed E-state index contributed by atoms with van der Waals surface area (Å²) in [6.45, 7) is 4.59. The van der Waals surface area contributed by atoms with Crippen LogP contribution >= 0.6 is 0 Å². The Balaban J connectivity index is 1.87. The lowest BCUT2D eigenvalue weighted by atomic mass is 9.85. The molecule has 0 heterocycles. The van der Waals surface area contributed by atoms with E-state index in [9.17, 15) is 0 Å². The second-order valence-corrected chi connectivity index (χ2v) is 6.29. The van der Waals surface area contributed by atoms with E-state index in [1.807, 2.05) is 0 Å². The smallest absolute Gasteiger partial charge is 0.0228 e. The summed E-state index contributed by atoms with van der Waals surface area (Å²) in [5.74, 6) is 0.927. The number of hydrogen-bond acceptors (Lipinski definition) is 0. The minimum absolute atomic E-state index is 0.927. The van der Waals surface area contributed by atoms with Gasteiger partial charge >= 0.3 is 0 Å². The summed E-state index contributed by atoms with van der Waals surface area (Å²) >= 11 is 0. The monoisotopic (exact) mass is 270 g/mol. The zero-order valence-electron chi connectivity index (χ0n) is 13.3. The Labute approximate surface area is 125 Å². The summed E-state index contributed by atoms with van der Waals surface area (Å²) < 4.78 is 0. The van der Waals surface area contributed by atoms with E-state index in [4.69, 9.17) is 0 Å². The largest absolute Gasteiger partial charge is 0.0804 e. The van der Waals surface area contributed by atoms with Crippen LogP contribution in [0.5, 0.6) is 0 Å². The van der Waals surface area contributed by atoms with Gasteiger partial charge in [-0.25, -0.2) is 0 Å². The number of aryl methyl sites for hydroxylation is 1. The van der Waals surface area contributed by atoms with Crippen molar-refractivity contribution in [2.24, 2.45) is 5.92 Å². The molecule has 1 aromatic carbocycles. The Morgan fingerprint density at radius 1 is 1.00 bits per heavy atom. The highest BCUT2D eigenvalue weighted by molar-refractivity contribution is 5.66. The van der Waals surface area contributed by atoms with Gasteiger partial charge in [0.05, 0.1) is 0 Å². The third-order valence-corrected chi connectivity index (χ3v) is 4.74. The highest BCUT2D eigenvalue weighted by Gasteiger charge is 2.13. The zero-order chi connectivity index (χ0) is 14.2. The number of allylic oxidation sites excluding steroid dienone is 2. The van der Waals surface area contributed by atoms with Gasteiger partial charge in [-0.3, -0.25) is 0 Å². The summed E-state index contributed by atoms with van der Waals surface area (Å²) in [6.07, 6.45) is 14.4. The van der Waals surface area contributed by atoms with Crippen molar-refractivity contribution in [3.05, 3.63) is 41.5 Å². The van der Waals surface area contributed by atoms with Crippen molar-refractivity contribution < 1.29 is 0 Å². The molecule has 0 bridgehead atoms. The van der Waals surface area contributed by atoms with Crippen LogP contribution in [-0.4, -0.2) is 0 Å². The summed E-state index contributed by atoms with van der Waals surface area (Å²) in [7, 11) is 0.